The zero-order valence-corrected chi connectivity index (χ0v) is 24.0. The summed E-state index contributed by atoms with van der Waals surface area (Å²) in [6.07, 6.45) is 4.59. The Hall–Kier alpha value is -2.42. The summed E-state index contributed by atoms with van der Waals surface area (Å²) in [5.41, 5.74) is 1.89. The molecule has 0 bridgehead atoms. The lowest BCUT2D eigenvalue weighted by Gasteiger charge is -2.33. The molecule has 2 aromatic rings. The molecule has 0 spiro atoms. The molecule has 10 heteroatoms. The number of carbonyl (C=O) groups is 3. The topological polar surface area (TPSA) is 89.9 Å². The Morgan fingerprint density at radius 2 is 1.87 bits per heavy atom. The molecule has 1 aliphatic carbocycles. The van der Waals surface area contributed by atoms with Gasteiger partial charge in [-0.05, 0) is 61.8 Å². The van der Waals surface area contributed by atoms with Crippen LogP contribution in [0.1, 0.15) is 50.0 Å². The van der Waals surface area contributed by atoms with Crippen LogP contribution in [0.15, 0.2) is 46.2 Å². The number of nitrogens with one attached hydrogen (secondary N) is 1. The summed E-state index contributed by atoms with van der Waals surface area (Å²) < 4.78 is 0. The normalized spacial score (nSPS) is 22.7. The van der Waals surface area contributed by atoms with Gasteiger partial charge in [-0.2, -0.15) is 0 Å². The Kier molecular flexibility index (Phi) is 8.94. The molecule has 2 aliphatic heterocycles. The number of amides is 2. The van der Waals surface area contributed by atoms with E-state index in [9.17, 15) is 19.5 Å². The molecular formula is C29H33Cl2N3O4S. The average molecular weight is 591 g/mol. The lowest BCUT2D eigenvalue weighted by Crippen LogP contribution is -2.38. The van der Waals surface area contributed by atoms with Crippen LogP contribution in [0.3, 0.4) is 0 Å². The number of aliphatic carboxylic acids is 1. The summed E-state index contributed by atoms with van der Waals surface area (Å²) in [7, 11) is 0. The smallest absolute Gasteiger partial charge is 0.308 e. The van der Waals surface area contributed by atoms with E-state index in [0.29, 0.717) is 42.5 Å². The summed E-state index contributed by atoms with van der Waals surface area (Å²) in [6.45, 7) is 3.37. The van der Waals surface area contributed by atoms with E-state index in [0.717, 1.165) is 59.8 Å². The molecular weight excluding hydrogens is 557 g/mol. The van der Waals surface area contributed by atoms with E-state index in [1.165, 1.54) is 11.8 Å². The minimum absolute atomic E-state index is 0.0218. The fraction of sp³-hybridized carbons (Fsp3) is 0.483. The molecule has 5 rings (SSSR count). The van der Waals surface area contributed by atoms with Crippen molar-refractivity contribution in [3.05, 3.63) is 52.0 Å². The van der Waals surface area contributed by atoms with Crippen LogP contribution >= 0.6 is 35.0 Å². The third kappa shape index (κ3) is 6.50. The number of carboxylic acids is 1. The highest BCUT2D eigenvalue weighted by Crippen LogP contribution is 2.52. The number of piperidine rings is 1. The van der Waals surface area contributed by atoms with E-state index in [2.05, 4.69) is 10.2 Å². The second kappa shape index (κ2) is 12.4. The number of benzene rings is 2. The third-order valence-electron chi connectivity index (χ3n) is 7.88. The van der Waals surface area contributed by atoms with Gasteiger partial charge in [-0.25, -0.2) is 0 Å². The minimum Gasteiger partial charge on any atom is -0.481 e. The molecule has 1 unspecified atom stereocenters. The van der Waals surface area contributed by atoms with Crippen LogP contribution in [0.25, 0.3) is 0 Å². The van der Waals surface area contributed by atoms with E-state index in [1.54, 1.807) is 0 Å². The second-order valence-corrected chi connectivity index (χ2v) is 12.4. The first-order chi connectivity index (χ1) is 18.8. The Morgan fingerprint density at radius 1 is 1.05 bits per heavy atom. The fourth-order valence-corrected chi connectivity index (χ4v) is 7.28. The maximum absolute atomic E-state index is 12.7. The number of likely N-dealkylation sites (tertiary alicyclic amines) is 1. The van der Waals surface area contributed by atoms with Crippen molar-refractivity contribution in [2.75, 3.05) is 37.6 Å². The molecule has 2 saturated heterocycles. The largest absolute Gasteiger partial charge is 0.481 e. The van der Waals surface area contributed by atoms with Crippen LogP contribution in [0.2, 0.25) is 10.0 Å². The van der Waals surface area contributed by atoms with Gasteiger partial charge in [-0.3, -0.25) is 14.4 Å². The quantitative estimate of drug-likeness (QED) is 0.347. The van der Waals surface area contributed by atoms with Crippen LogP contribution in [0.4, 0.5) is 5.69 Å². The predicted molar refractivity (Wildman–Crippen MR) is 154 cm³/mol. The maximum atomic E-state index is 12.7. The van der Waals surface area contributed by atoms with Crippen LogP contribution in [-0.4, -0.2) is 60.5 Å². The fourth-order valence-electron chi connectivity index (χ4n) is 5.61. The highest BCUT2D eigenvalue weighted by atomic mass is 35.5. The lowest BCUT2D eigenvalue weighted by atomic mass is 9.98. The molecule has 3 atom stereocenters. The van der Waals surface area contributed by atoms with Crippen LogP contribution in [-0.2, 0) is 14.4 Å². The SMILES string of the molecule is O=C(O)C1CCCN(c2ccccc2Sc2ccc([C@H]3C[C@@H]3C(=O)NCCCN3CCCC3=O)c(Cl)c2Cl)C1. The van der Waals surface area contributed by atoms with E-state index in [1.807, 2.05) is 41.3 Å². The Bertz CT molecular complexity index is 1260. The van der Waals surface area contributed by atoms with Gasteiger partial charge in [0.05, 0.1) is 21.7 Å². The van der Waals surface area contributed by atoms with Crippen molar-refractivity contribution in [2.45, 2.75) is 54.2 Å². The maximum Gasteiger partial charge on any atom is 0.308 e. The van der Waals surface area contributed by atoms with Gasteiger partial charge in [-0.1, -0.05) is 53.2 Å². The number of hydrogen-bond donors (Lipinski definition) is 2. The van der Waals surface area contributed by atoms with Gasteiger partial charge in [0.25, 0.3) is 0 Å². The molecule has 39 heavy (non-hydrogen) atoms. The van der Waals surface area contributed by atoms with E-state index < -0.39 is 5.97 Å². The summed E-state index contributed by atoms with van der Waals surface area (Å²) in [5, 5.41) is 13.5. The number of carboxylic acid groups (broad SMARTS) is 1. The zero-order valence-electron chi connectivity index (χ0n) is 21.7. The summed E-state index contributed by atoms with van der Waals surface area (Å²) in [6, 6.07) is 11.9. The number of anilines is 1. The van der Waals surface area contributed by atoms with Crippen molar-refractivity contribution < 1.29 is 19.5 Å². The van der Waals surface area contributed by atoms with E-state index in [-0.39, 0.29) is 29.6 Å². The van der Waals surface area contributed by atoms with Crippen molar-refractivity contribution in [1.82, 2.24) is 10.2 Å². The van der Waals surface area contributed by atoms with Gasteiger partial charge < -0.3 is 20.2 Å². The van der Waals surface area contributed by atoms with Crippen LogP contribution < -0.4 is 10.2 Å². The first kappa shape index (κ1) is 28.1. The zero-order chi connectivity index (χ0) is 27.5. The predicted octanol–water partition coefficient (Wildman–Crippen LogP) is 5.68. The number of rotatable bonds is 10. The van der Waals surface area contributed by atoms with Crippen molar-refractivity contribution >= 4 is 58.4 Å². The van der Waals surface area contributed by atoms with Gasteiger partial charge in [0.15, 0.2) is 0 Å². The molecule has 2 aromatic carbocycles. The molecule has 2 N–H and O–H groups in total. The summed E-state index contributed by atoms with van der Waals surface area (Å²) in [4.78, 5) is 41.8. The number of halogens is 2. The lowest BCUT2D eigenvalue weighted by molar-refractivity contribution is -0.142. The molecule has 2 amide bonds. The number of carbonyl (C=O) groups excluding carboxylic acids is 2. The first-order valence-corrected chi connectivity index (χ1v) is 15.2. The molecule has 3 aliphatic rings. The average Bonchev–Trinajstić information content (AvgIpc) is 3.63. The first-order valence-electron chi connectivity index (χ1n) is 13.6. The van der Waals surface area contributed by atoms with Crippen molar-refractivity contribution in [3.63, 3.8) is 0 Å². The summed E-state index contributed by atoms with van der Waals surface area (Å²) >= 11 is 15.0. The molecule has 208 valence electrons. The van der Waals surface area contributed by atoms with Gasteiger partial charge in [0, 0.05) is 54.9 Å². The molecule has 3 fully saturated rings. The van der Waals surface area contributed by atoms with Gasteiger partial charge in [0.2, 0.25) is 11.8 Å². The molecule has 2 heterocycles. The highest BCUT2D eigenvalue weighted by molar-refractivity contribution is 7.99. The standard InChI is InChI=1S/C29H33Cl2N3O4S/c30-26-19(20-16-21(20)28(36)32-12-5-15-33-13-4-9-25(33)35)10-11-24(27(26)31)39-23-8-2-1-7-22(23)34-14-3-6-18(17-34)29(37)38/h1-2,7-8,10-11,18,20-21H,3-6,9,12-17H2,(H,32,36)(H,37,38)/t18?,20-,21+/m1/s1. The Morgan fingerprint density at radius 3 is 2.64 bits per heavy atom. The highest BCUT2D eigenvalue weighted by Gasteiger charge is 2.45. The second-order valence-electron chi connectivity index (χ2n) is 10.6. The van der Waals surface area contributed by atoms with Crippen LogP contribution in [0, 0.1) is 11.8 Å². The van der Waals surface area contributed by atoms with E-state index in [4.69, 9.17) is 23.2 Å². The third-order valence-corrected chi connectivity index (χ3v) is 10.0. The number of para-hydroxylation sites is 1. The van der Waals surface area contributed by atoms with Gasteiger partial charge in [0.1, 0.15) is 0 Å². The molecule has 7 nitrogen and oxygen atoms in total. The molecule has 0 aromatic heterocycles. The number of nitrogens with zero attached hydrogens (tertiary/aromatic N) is 2. The van der Waals surface area contributed by atoms with Crippen molar-refractivity contribution in [3.8, 4) is 0 Å². The van der Waals surface area contributed by atoms with Crippen molar-refractivity contribution in [1.29, 1.82) is 0 Å². The minimum atomic E-state index is -0.749. The van der Waals surface area contributed by atoms with E-state index >= 15 is 0 Å². The van der Waals surface area contributed by atoms with Gasteiger partial charge >= 0.3 is 5.97 Å². The monoisotopic (exact) mass is 589 g/mol. The number of hydrogen-bond acceptors (Lipinski definition) is 5. The van der Waals surface area contributed by atoms with Crippen LogP contribution in [0.5, 0.6) is 0 Å². The van der Waals surface area contributed by atoms with Crippen molar-refractivity contribution in [2.24, 2.45) is 11.8 Å². The Labute approximate surface area is 243 Å². The molecule has 1 saturated carbocycles. The van der Waals surface area contributed by atoms with Gasteiger partial charge in [-0.15, -0.1) is 0 Å². The summed E-state index contributed by atoms with van der Waals surface area (Å²) in [5.74, 6) is -0.963. The molecule has 0 radical (unpaired) electrons. The Balaban J connectivity index is 1.19.